The predicted molar refractivity (Wildman–Crippen MR) is 49.6 cm³/mol. The fraction of sp³-hybridized carbons (Fsp3) is 0.875. The SMILES string of the molecule is CC(=O)O.CN(CCO)CCCO. The number of aliphatic hydroxyl groups is 2. The zero-order valence-electron chi connectivity index (χ0n) is 8.23. The van der Waals surface area contributed by atoms with Crippen molar-refractivity contribution in [1.29, 1.82) is 0 Å². The molecule has 5 heteroatoms. The van der Waals surface area contributed by atoms with Gasteiger partial charge in [-0.2, -0.15) is 0 Å². The van der Waals surface area contributed by atoms with Gasteiger partial charge >= 0.3 is 0 Å². The van der Waals surface area contributed by atoms with E-state index in [2.05, 4.69) is 0 Å². The Morgan fingerprint density at radius 2 is 1.69 bits per heavy atom. The van der Waals surface area contributed by atoms with E-state index < -0.39 is 5.97 Å². The molecule has 0 radical (unpaired) electrons. The van der Waals surface area contributed by atoms with Crippen LogP contribution in [0, 0.1) is 0 Å². The minimum absolute atomic E-state index is 0.196. The second kappa shape index (κ2) is 11.4. The van der Waals surface area contributed by atoms with Crippen molar-refractivity contribution in [2.75, 3.05) is 33.4 Å². The summed E-state index contributed by atoms with van der Waals surface area (Å²) in [4.78, 5) is 11.0. The monoisotopic (exact) mass is 193 g/mol. The van der Waals surface area contributed by atoms with Crippen LogP contribution in [-0.4, -0.2) is 59.5 Å². The van der Waals surface area contributed by atoms with Crippen LogP contribution in [0.5, 0.6) is 0 Å². The van der Waals surface area contributed by atoms with E-state index in [0.717, 1.165) is 19.9 Å². The maximum Gasteiger partial charge on any atom is 0.300 e. The van der Waals surface area contributed by atoms with Crippen molar-refractivity contribution in [3.8, 4) is 0 Å². The van der Waals surface area contributed by atoms with Crippen LogP contribution in [0.3, 0.4) is 0 Å². The molecule has 0 aromatic heterocycles. The second-order valence-electron chi connectivity index (χ2n) is 2.62. The van der Waals surface area contributed by atoms with Gasteiger partial charge in [-0.05, 0) is 13.5 Å². The first-order chi connectivity index (χ1) is 6.04. The van der Waals surface area contributed by atoms with Gasteiger partial charge in [0.1, 0.15) is 0 Å². The number of carboxylic acids is 1. The minimum atomic E-state index is -0.833. The average Bonchev–Trinajstić information content (AvgIpc) is 2.00. The molecule has 0 bridgehead atoms. The minimum Gasteiger partial charge on any atom is -0.481 e. The third-order valence-corrected chi connectivity index (χ3v) is 1.18. The summed E-state index contributed by atoms with van der Waals surface area (Å²) in [6.45, 7) is 3.06. The molecule has 0 aliphatic rings. The van der Waals surface area contributed by atoms with Crippen molar-refractivity contribution in [1.82, 2.24) is 4.90 Å². The maximum atomic E-state index is 9.00. The largest absolute Gasteiger partial charge is 0.481 e. The van der Waals surface area contributed by atoms with Gasteiger partial charge in [-0.15, -0.1) is 0 Å². The number of hydrogen-bond donors (Lipinski definition) is 3. The molecule has 0 heterocycles. The maximum absolute atomic E-state index is 9.00. The molecule has 13 heavy (non-hydrogen) atoms. The van der Waals surface area contributed by atoms with Crippen molar-refractivity contribution in [2.45, 2.75) is 13.3 Å². The summed E-state index contributed by atoms with van der Waals surface area (Å²) in [5.41, 5.74) is 0. The number of carboxylic acid groups (broad SMARTS) is 1. The Hall–Kier alpha value is -0.650. The lowest BCUT2D eigenvalue weighted by Gasteiger charge is -2.12. The lowest BCUT2D eigenvalue weighted by Crippen LogP contribution is -2.23. The molecule has 0 fully saturated rings. The highest BCUT2D eigenvalue weighted by Gasteiger charge is 1.93. The molecule has 0 atom stereocenters. The topological polar surface area (TPSA) is 81.0 Å². The standard InChI is InChI=1S/C6H15NO2.C2H4O2/c1-7(4-6-9)3-2-5-8;1-2(3)4/h8-9H,2-6H2,1H3;1H3,(H,3,4). The summed E-state index contributed by atoms with van der Waals surface area (Å²) in [6, 6.07) is 0. The Kier molecular flexibility index (Phi) is 13.0. The number of nitrogens with zero attached hydrogens (tertiary/aromatic N) is 1. The summed E-state index contributed by atoms with van der Waals surface area (Å²) >= 11 is 0. The lowest BCUT2D eigenvalue weighted by atomic mass is 10.4. The van der Waals surface area contributed by atoms with Gasteiger partial charge in [0.25, 0.3) is 5.97 Å². The predicted octanol–water partition coefficient (Wildman–Crippen LogP) is -0.616. The van der Waals surface area contributed by atoms with Crippen LogP contribution < -0.4 is 0 Å². The van der Waals surface area contributed by atoms with Gasteiger partial charge < -0.3 is 20.2 Å². The Balaban J connectivity index is 0. The van der Waals surface area contributed by atoms with Crippen molar-refractivity contribution >= 4 is 5.97 Å². The van der Waals surface area contributed by atoms with E-state index in [1.165, 1.54) is 0 Å². The van der Waals surface area contributed by atoms with Crippen LogP contribution in [0.1, 0.15) is 13.3 Å². The molecule has 0 rings (SSSR count). The zero-order valence-corrected chi connectivity index (χ0v) is 8.23. The Morgan fingerprint density at radius 3 is 2.00 bits per heavy atom. The van der Waals surface area contributed by atoms with Gasteiger partial charge in [-0.25, -0.2) is 0 Å². The van der Waals surface area contributed by atoms with Crippen molar-refractivity contribution in [2.24, 2.45) is 0 Å². The fourth-order valence-electron chi connectivity index (χ4n) is 0.623. The average molecular weight is 193 g/mol. The van der Waals surface area contributed by atoms with E-state index in [9.17, 15) is 0 Å². The first kappa shape index (κ1) is 14.9. The van der Waals surface area contributed by atoms with E-state index in [-0.39, 0.29) is 13.2 Å². The van der Waals surface area contributed by atoms with E-state index in [0.29, 0.717) is 6.54 Å². The van der Waals surface area contributed by atoms with Crippen LogP contribution in [0.25, 0.3) is 0 Å². The summed E-state index contributed by atoms with van der Waals surface area (Å²) in [5.74, 6) is -0.833. The van der Waals surface area contributed by atoms with Crippen LogP contribution in [0.2, 0.25) is 0 Å². The van der Waals surface area contributed by atoms with E-state index in [1.807, 2.05) is 11.9 Å². The smallest absolute Gasteiger partial charge is 0.300 e. The number of rotatable bonds is 5. The van der Waals surface area contributed by atoms with Gasteiger partial charge in [0.05, 0.1) is 6.61 Å². The summed E-state index contributed by atoms with van der Waals surface area (Å²) in [6.07, 6.45) is 0.788. The third kappa shape index (κ3) is 24.6. The molecule has 0 spiro atoms. The van der Waals surface area contributed by atoms with Crippen molar-refractivity contribution in [3.63, 3.8) is 0 Å². The molecule has 0 aromatic carbocycles. The summed E-state index contributed by atoms with van der Waals surface area (Å²) in [5, 5.41) is 24.2. The van der Waals surface area contributed by atoms with Crippen LogP contribution >= 0.6 is 0 Å². The number of hydrogen-bond acceptors (Lipinski definition) is 4. The lowest BCUT2D eigenvalue weighted by molar-refractivity contribution is -0.134. The molecule has 80 valence electrons. The van der Waals surface area contributed by atoms with E-state index >= 15 is 0 Å². The van der Waals surface area contributed by atoms with Gasteiger partial charge in [-0.1, -0.05) is 0 Å². The second-order valence-corrected chi connectivity index (χ2v) is 2.62. The molecule has 0 amide bonds. The van der Waals surface area contributed by atoms with Crippen LogP contribution in [0.4, 0.5) is 0 Å². The Morgan fingerprint density at radius 1 is 1.23 bits per heavy atom. The molecule has 5 nitrogen and oxygen atoms in total. The molecule has 0 aliphatic carbocycles. The highest BCUT2D eigenvalue weighted by atomic mass is 16.4. The number of aliphatic carboxylic acids is 1. The molecule has 0 aromatic rings. The molecule has 0 unspecified atom stereocenters. The molecule has 0 saturated heterocycles. The number of aliphatic hydroxyl groups excluding tert-OH is 2. The summed E-state index contributed by atoms with van der Waals surface area (Å²) < 4.78 is 0. The molecular weight excluding hydrogens is 174 g/mol. The molecule has 0 saturated carbocycles. The Labute approximate surface area is 78.6 Å². The fourth-order valence-corrected chi connectivity index (χ4v) is 0.623. The molecular formula is C8H19NO4. The quantitative estimate of drug-likeness (QED) is 0.542. The van der Waals surface area contributed by atoms with Crippen LogP contribution in [-0.2, 0) is 4.79 Å². The van der Waals surface area contributed by atoms with Crippen LogP contribution in [0.15, 0.2) is 0 Å². The van der Waals surface area contributed by atoms with Gasteiger partial charge in [0, 0.05) is 26.6 Å². The third-order valence-electron chi connectivity index (χ3n) is 1.18. The first-order valence-corrected chi connectivity index (χ1v) is 4.14. The Bertz CT molecular complexity index is 115. The normalized spacial score (nSPS) is 9.31. The van der Waals surface area contributed by atoms with Crippen molar-refractivity contribution in [3.05, 3.63) is 0 Å². The zero-order chi connectivity index (χ0) is 10.7. The molecule has 3 N–H and O–H groups in total. The van der Waals surface area contributed by atoms with E-state index in [4.69, 9.17) is 20.1 Å². The van der Waals surface area contributed by atoms with Gasteiger partial charge in [0.15, 0.2) is 0 Å². The number of likely N-dealkylation sites (N-methyl/N-ethyl adjacent to an activating group) is 1. The number of carbonyl (C=O) groups is 1. The summed E-state index contributed by atoms with van der Waals surface area (Å²) in [7, 11) is 1.92. The highest BCUT2D eigenvalue weighted by molar-refractivity contribution is 5.62. The van der Waals surface area contributed by atoms with Gasteiger partial charge in [-0.3, -0.25) is 4.79 Å². The molecule has 0 aliphatic heterocycles. The van der Waals surface area contributed by atoms with Gasteiger partial charge in [0.2, 0.25) is 0 Å². The van der Waals surface area contributed by atoms with Crippen molar-refractivity contribution < 1.29 is 20.1 Å². The highest BCUT2D eigenvalue weighted by Crippen LogP contribution is 1.83. The van der Waals surface area contributed by atoms with E-state index in [1.54, 1.807) is 0 Å². The first-order valence-electron chi connectivity index (χ1n) is 4.14.